The molecule has 0 atom stereocenters. The van der Waals surface area contributed by atoms with Crippen LogP contribution in [0.1, 0.15) is 23.0 Å². The SMILES string of the molecule is CC(=O)N(C)Cc1ccc(C(=O)O)cn1. The van der Waals surface area contributed by atoms with Crippen LogP contribution in [0.2, 0.25) is 0 Å². The zero-order valence-electron chi connectivity index (χ0n) is 8.60. The Balaban J connectivity index is 2.72. The van der Waals surface area contributed by atoms with Crippen molar-refractivity contribution in [3.63, 3.8) is 0 Å². The van der Waals surface area contributed by atoms with E-state index in [4.69, 9.17) is 5.11 Å². The third-order valence-corrected chi connectivity index (χ3v) is 2.01. The maximum absolute atomic E-state index is 10.9. The first-order valence-corrected chi connectivity index (χ1v) is 4.40. The number of carboxylic acids is 1. The van der Waals surface area contributed by atoms with Gasteiger partial charge in [-0.25, -0.2) is 4.79 Å². The monoisotopic (exact) mass is 208 g/mol. The Morgan fingerprint density at radius 1 is 1.47 bits per heavy atom. The minimum Gasteiger partial charge on any atom is -0.478 e. The molecule has 1 N–H and O–H groups in total. The molecule has 0 saturated heterocycles. The maximum atomic E-state index is 10.9. The van der Waals surface area contributed by atoms with E-state index in [1.165, 1.54) is 24.1 Å². The van der Waals surface area contributed by atoms with Crippen molar-refractivity contribution in [3.8, 4) is 0 Å². The Kier molecular flexibility index (Phi) is 3.38. The highest BCUT2D eigenvalue weighted by molar-refractivity contribution is 5.87. The fourth-order valence-corrected chi connectivity index (χ4v) is 0.999. The van der Waals surface area contributed by atoms with E-state index >= 15 is 0 Å². The fraction of sp³-hybridized carbons (Fsp3) is 0.300. The van der Waals surface area contributed by atoms with E-state index < -0.39 is 5.97 Å². The van der Waals surface area contributed by atoms with Gasteiger partial charge < -0.3 is 10.0 Å². The number of carboxylic acid groups (broad SMARTS) is 1. The minimum atomic E-state index is -1.01. The Hall–Kier alpha value is -1.91. The first kappa shape index (κ1) is 11.2. The van der Waals surface area contributed by atoms with Crippen molar-refractivity contribution in [1.82, 2.24) is 9.88 Å². The summed E-state index contributed by atoms with van der Waals surface area (Å²) in [7, 11) is 1.66. The number of carbonyl (C=O) groups is 2. The highest BCUT2D eigenvalue weighted by Crippen LogP contribution is 2.03. The summed E-state index contributed by atoms with van der Waals surface area (Å²) in [4.78, 5) is 26.9. The van der Waals surface area contributed by atoms with Crippen molar-refractivity contribution in [2.75, 3.05) is 7.05 Å². The van der Waals surface area contributed by atoms with Gasteiger partial charge in [0.25, 0.3) is 0 Å². The molecule has 0 saturated carbocycles. The van der Waals surface area contributed by atoms with Gasteiger partial charge in [-0.3, -0.25) is 9.78 Å². The van der Waals surface area contributed by atoms with E-state index in [2.05, 4.69) is 4.98 Å². The molecule has 0 aliphatic heterocycles. The van der Waals surface area contributed by atoms with Crippen LogP contribution in [0, 0.1) is 0 Å². The van der Waals surface area contributed by atoms with Gasteiger partial charge in [-0.2, -0.15) is 0 Å². The summed E-state index contributed by atoms with van der Waals surface area (Å²) in [5, 5.41) is 8.64. The summed E-state index contributed by atoms with van der Waals surface area (Å²) < 4.78 is 0. The average Bonchev–Trinajstić information content (AvgIpc) is 2.18. The van der Waals surface area contributed by atoms with Crippen molar-refractivity contribution < 1.29 is 14.7 Å². The number of carbonyl (C=O) groups excluding carboxylic acids is 1. The Morgan fingerprint density at radius 3 is 2.53 bits per heavy atom. The maximum Gasteiger partial charge on any atom is 0.337 e. The molecule has 1 aromatic heterocycles. The molecule has 0 bridgehead atoms. The topological polar surface area (TPSA) is 70.5 Å². The van der Waals surface area contributed by atoms with E-state index in [-0.39, 0.29) is 11.5 Å². The number of aromatic carboxylic acids is 1. The zero-order valence-corrected chi connectivity index (χ0v) is 8.60. The molecule has 0 aromatic carbocycles. The van der Waals surface area contributed by atoms with Crippen molar-refractivity contribution in [2.24, 2.45) is 0 Å². The number of pyridine rings is 1. The molecule has 15 heavy (non-hydrogen) atoms. The molecule has 0 spiro atoms. The number of amides is 1. The lowest BCUT2D eigenvalue weighted by atomic mass is 10.2. The second-order valence-electron chi connectivity index (χ2n) is 3.22. The van der Waals surface area contributed by atoms with Crippen LogP contribution < -0.4 is 0 Å². The van der Waals surface area contributed by atoms with Gasteiger partial charge in [-0.15, -0.1) is 0 Å². The number of rotatable bonds is 3. The smallest absolute Gasteiger partial charge is 0.337 e. The highest BCUT2D eigenvalue weighted by atomic mass is 16.4. The molecule has 5 nitrogen and oxygen atoms in total. The van der Waals surface area contributed by atoms with Crippen molar-refractivity contribution in [2.45, 2.75) is 13.5 Å². The molecule has 0 aliphatic carbocycles. The molecule has 1 aromatic rings. The standard InChI is InChI=1S/C10H12N2O3/c1-7(13)12(2)6-9-4-3-8(5-11-9)10(14)15/h3-5H,6H2,1-2H3,(H,14,15). The van der Waals surface area contributed by atoms with E-state index in [1.807, 2.05) is 0 Å². The Morgan fingerprint density at radius 2 is 2.13 bits per heavy atom. The van der Waals surface area contributed by atoms with Crippen LogP contribution in [-0.4, -0.2) is 33.9 Å². The second-order valence-corrected chi connectivity index (χ2v) is 3.22. The van der Waals surface area contributed by atoms with Gasteiger partial charge in [0.1, 0.15) is 0 Å². The van der Waals surface area contributed by atoms with Gasteiger partial charge in [0, 0.05) is 20.2 Å². The van der Waals surface area contributed by atoms with E-state index in [0.717, 1.165) is 0 Å². The molecule has 0 aliphatic rings. The Labute approximate surface area is 87.4 Å². The lowest BCUT2D eigenvalue weighted by Crippen LogP contribution is -2.23. The quantitative estimate of drug-likeness (QED) is 0.796. The zero-order chi connectivity index (χ0) is 11.4. The van der Waals surface area contributed by atoms with Gasteiger partial charge in [-0.1, -0.05) is 0 Å². The summed E-state index contributed by atoms with van der Waals surface area (Å²) in [6.07, 6.45) is 1.28. The lowest BCUT2D eigenvalue weighted by molar-refractivity contribution is -0.128. The minimum absolute atomic E-state index is 0.0564. The van der Waals surface area contributed by atoms with Crippen molar-refractivity contribution >= 4 is 11.9 Å². The Bertz CT molecular complexity index is 373. The molecule has 0 unspecified atom stereocenters. The fourth-order valence-electron chi connectivity index (χ4n) is 0.999. The number of hydrogen-bond acceptors (Lipinski definition) is 3. The predicted octanol–water partition coefficient (Wildman–Crippen LogP) is 0.758. The number of nitrogens with zero attached hydrogens (tertiary/aromatic N) is 2. The van der Waals surface area contributed by atoms with Crippen LogP contribution in [0.15, 0.2) is 18.3 Å². The highest BCUT2D eigenvalue weighted by Gasteiger charge is 2.06. The van der Waals surface area contributed by atoms with Crippen LogP contribution in [-0.2, 0) is 11.3 Å². The molecule has 5 heteroatoms. The molecule has 1 rings (SSSR count). The molecular formula is C10H12N2O3. The average molecular weight is 208 g/mol. The van der Waals surface area contributed by atoms with Gasteiger partial charge in [-0.05, 0) is 12.1 Å². The predicted molar refractivity (Wildman–Crippen MR) is 53.3 cm³/mol. The second kappa shape index (κ2) is 4.54. The van der Waals surface area contributed by atoms with Gasteiger partial charge >= 0.3 is 5.97 Å². The summed E-state index contributed by atoms with van der Waals surface area (Å²) in [5.74, 6) is -1.06. The van der Waals surface area contributed by atoms with Crippen LogP contribution in [0.3, 0.4) is 0 Å². The van der Waals surface area contributed by atoms with Crippen molar-refractivity contribution in [3.05, 3.63) is 29.6 Å². The van der Waals surface area contributed by atoms with Crippen LogP contribution in [0.4, 0.5) is 0 Å². The van der Waals surface area contributed by atoms with Crippen LogP contribution in [0.25, 0.3) is 0 Å². The lowest BCUT2D eigenvalue weighted by Gasteiger charge is -2.13. The van der Waals surface area contributed by atoms with Gasteiger partial charge in [0.05, 0.1) is 17.8 Å². The molecule has 1 heterocycles. The first-order valence-electron chi connectivity index (χ1n) is 4.40. The molecule has 0 fully saturated rings. The van der Waals surface area contributed by atoms with Gasteiger partial charge in [0.2, 0.25) is 5.91 Å². The summed E-state index contributed by atoms with van der Waals surface area (Å²) in [6, 6.07) is 3.07. The summed E-state index contributed by atoms with van der Waals surface area (Å²) >= 11 is 0. The molecule has 1 amide bonds. The van der Waals surface area contributed by atoms with Crippen LogP contribution in [0.5, 0.6) is 0 Å². The van der Waals surface area contributed by atoms with Crippen molar-refractivity contribution in [1.29, 1.82) is 0 Å². The van der Waals surface area contributed by atoms with E-state index in [1.54, 1.807) is 13.1 Å². The van der Waals surface area contributed by atoms with E-state index in [9.17, 15) is 9.59 Å². The largest absolute Gasteiger partial charge is 0.478 e. The molecule has 80 valence electrons. The summed E-state index contributed by atoms with van der Waals surface area (Å²) in [6.45, 7) is 1.85. The van der Waals surface area contributed by atoms with Gasteiger partial charge in [0.15, 0.2) is 0 Å². The normalized spacial score (nSPS) is 9.73. The summed E-state index contributed by atoms with van der Waals surface area (Å²) in [5.41, 5.74) is 0.807. The third kappa shape index (κ3) is 3.05. The number of hydrogen-bond donors (Lipinski definition) is 1. The molecule has 0 radical (unpaired) electrons. The van der Waals surface area contributed by atoms with E-state index in [0.29, 0.717) is 12.2 Å². The number of aromatic nitrogens is 1. The van der Waals surface area contributed by atoms with Crippen LogP contribution >= 0.6 is 0 Å². The third-order valence-electron chi connectivity index (χ3n) is 2.01. The molecular weight excluding hydrogens is 196 g/mol. The first-order chi connectivity index (χ1) is 7.00.